The van der Waals surface area contributed by atoms with Gasteiger partial charge in [-0.2, -0.15) is 13.2 Å². The minimum atomic E-state index is -4.66. The highest BCUT2D eigenvalue weighted by Gasteiger charge is 2.35. The summed E-state index contributed by atoms with van der Waals surface area (Å²) in [5, 5.41) is 11.6. The van der Waals surface area contributed by atoms with Gasteiger partial charge >= 0.3 is 12.1 Å². The van der Waals surface area contributed by atoms with Crippen molar-refractivity contribution < 1.29 is 27.9 Å². The Bertz CT molecular complexity index is 803. The van der Waals surface area contributed by atoms with Crippen molar-refractivity contribution in [1.82, 2.24) is 5.32 Å². The largest absolute Gasteiger partial charge is 0.481 e. The molecular weight excluding hydrogens is 347 g/mol. The lowest BCUT2D eigenvalue weighted by Crippen LogP contribution is -2.35. The Kier molecular flexibility index (Phi) is 6.02. The zero-order valence-electron chi connectivity index (χ0n) is 14.0. The van der Waals surface area contributed by atoms with Crippen molar-refractivity contribution in [3.63, 3.8) is 0 Å². The van der Waals surface area contributed by atoms with Gasteiger partial charge in [0.05, 0.1) is 17.0 Å². The topological polar surface area (TPSA) is 66.4 Å². The quantitative estimate of drug-likeness (QED) is 0.821. The third kappa shape index (κ3) is 5.08. The van der Waals surface area contributed by atoms with E-state index < -0.39 is 35.1 Å². The van der Waals surface area contributed by atoms with E-state index in [1.807, 2.05) is 19.1 Å². The lowest BCUT2D eigenvalue weighted by Gasteiger charge is -2.16. The third-order valence-corrected chi connectivity index (χ3v) is 3.90. The summed E-state index contributed by atoms with van der Waals surface area (Å²) in [6, 6.07) is 11.7. The summed E-state index contributed by atoms with van der Waals surface area (Å²) in [7, 11) is 0. The number of hydrogen-bond donors (Lipinski definition) is 2. The van der Waals surface area contributed by atoms with Crippen LogP contribution in [0.25, 0.3) is 0 Å². The zero-order valence-corrected chi connectivity index (χ0v) is 14.0. The number of carboxylic acid groups (broad SMARTS) is 1. The second-order valence-corrected chi connectivity index (χ2v) is 5.98. The molecule has 0 radical (unpaired) electrons. The number of halogens is 3. The first-order chi connectivity index (χ1) is 12.2. The maximum Gasteiger partial charge on any atom is 0.417 e. The first-order valence-corrected chi connectivity index (χ1v) is 7.91. The smallest absolute Gasteiger partial charge is 0.417 e. The number of carboxylic acids is 1. The van der Waals surface area contributed by atoms with Gasteiger partial charge in [0.1, 0.15) is 0 Å². The number of rotatable bonds is 6. The van der Waals surface area contributed by atoms with E-state index in [0.717, 1.165) is 23.3 Å². The van der Waals surface area contributed by atoms with E-state index in [1.54, 1.807) is 12.1 Å². The van der Waals surface area contributed by atoms with E-state index in [4.69, 9.17) is 0 Å². The van der Waals surface area contributed by atoms with Crippen molar-refractivity contribution in [3.05, 3.63) is 70.8 Å². The monoisotopic (exact) mass is 365 g/mol. The fourth-order valence-corrected chi connectivity index (χ4v) is 2.61. The van der Waals surface area contributed by atoms with E-state index in [9.17, 15) is 27.9 Å². The molecule has 0 fully saturated rings. The van der Waals surface area contributed by atoms with Crippen molar-refractivity contribution in [1.29, 1.82) is 0 Å². The second kappa shape index (κ2) is 8.03. The van der Waals surface area contributed by atoms with Crippen LogP contribution in [0.4, 0.5) is 13.2 Å². The van der Waals surface area contributed by atoms with Crippen LogP contribution in [-0.4, -0.2) is 23.5 Å². The maximum atomic E-state index is 13.0. The molecule has 0 saturated carbocycles. The molecule has 0 bridgehead atoms. The Morgan fingerprint density at radius 2 is 1.81 bits per heavy atom. The van der Waals surface area contributed by atoms with Crippen molar-refractivity contribution in [3.8, 4) is 0 Å². The SMILES string of the molecule is Cc1cccc(CC(CNC(=O)c2ccccc2C(F)(F)F)C(=O)O)c1. The van der Waals surface area contributed by atoms with E-state index in [1.165, 1.54) is 12.1 Å². The molecule has 26 heavy (non-hydrogen) atoms. The summed E-state index contributed by atoms with van der Waals surface area (Å²) in [6.45, 7) is 1.60. The molecule has 2 N–H and O–H groups in total. The molecule has 0 aliphatic rings. The van der Waals surface area contributed by atoms with E-state index >= 15 is 0 Å². The lowest BCUT2D eigenvalue weighted by atomic mass is 9.98. The summed E-state index contributed by atoms with van der Waals surface area (Å²) in [5.41, 5.74) is 0.167. The van der Waals surface area contributed by atoms with Crippen LogP contribution in [0.5, 0.6) is 0 Å². The molecule has 1 atom stereocenters. The number of alkyl halides is 3. The number of carbonyl (C=O) groups is 2. The molecule has 1 amide bonds. The van der Waals surface area contributed by atoms with Gasteiger partial charge in [0.25, 0.3) is 5.91 Å². The van der Waals surface area contributed by atoms with Gasteiger partial charge < -0.3 is 10.4 Å². The van der Waals surface area contributed by atoms with Crippen LogP contribution in [-0.2, 0) is 17.4 Å². The highest BCUT2D eigenvalue weighted by molar-refractivity contribution is 5.96. The van der Waals surface area contributed by atoms with Crippen LogP contribution in [0.3, 0.4) is 0 Å². The molecule has 0 aliphatic carbocycles. The van der Waals surface area contributed by atoms with Crippen molar-refractivity contribution >= 4 is 11.9 Å². The summed E-state index contributed by atoms with van der Waals surface area (Å²) in [4.78, 5) is 23.6. The van der Waals surface area contributed by atoms with E-state index in [-0.39, 0.29) is 13.0 Å². The van der Waals surface area contributed by atoms with Crippen LogP contribution < -0.4 is 5.32 Å². The van der Waals surface area contributed by atoms with Gasteiger partial charge in [-0.05, 0) is 31.0 Å². The molecule has 0 heterocycles. The predicted octanol–water partition coefficient (Wildman–Crippen LogP) is 3.69. The Morgan fingerprint density at radius 1 is 1.12 bits per heavy atom. The van der Waals surface area contributed by atoms with Crippen molar-refractivity contribution in [2.45, 2.75) is 19.5 Å². The summed E-state index contributed by atoms with van der Waals surface area (Å²) in [5.74, 6) is -3.02. The molecule has 7 heteroatoms. The Hall–Kier alpha value is -2.83. The number of aryl methyl sites for hydroxylation is 1. The molecule has 0 aromatic heterocycles. The fraction of sp³-hybridized carbons (Fsp3) is 0.263. The van der Waals surface area contributed by atoms with Gasteiger partial charge in [0.15, 0.2) is 0 Å². The van der Waals surface area contributed by atoms with Crippen LogP contribution in [0.15, 0.2) is 48.5 Å². The average Bonchev–Trinajstić information content (AvgIpc) is 2.57. The Labute approximate surface area is 148 Å². The second-order valence-electron chi connectivity index (χ2n) is 5.98. The Morgan fingerprint density at radius 3 is 2.42 bits per heavy atom. The van der Waals surface area contributed by atoms with Crippen molar-refractivity contribution in [2.75, 3.05) is 6.54 Å². The standard InChI is InChI=1S/C19H18F3NO3/c1-12-5-4-6-13(9-12)10-14(18(25)26)11-23-17(24)15-7-2-3-8-16(15)19(20,21)22/h2-9,14H,10-11H2,1H3,(H,23,24)(H,25,26). The van der Waals surface area contributed by atoms with Crippen molar-refractivity contribution in [2.24, 2.45) is 5.92 Å². The first-order valence-electron chi connectivity index (χ1n) is 7.91. The first kappa shape index (κ1) is 19.5. The Balaban J connectivity index is 2.10. The molecule has 4 nitrogen and oxygen atoms in total. The van der Waals surface area contributed by atoms with Gasteiger partial charge in [-0.25, -0.2) is 0 Å². The molecule has 0 spiro atoms. The highest BCUT2D eigenvalue weighted by atomic mass is 19.4. The summed E-state index contributed by atoms with van der Waals surface area (Å²) < 4.78 is 39.0. The fourth-order valence-electron chi connectivity index (χ4n) is 2.61. The van der Waals surface area contributed by atoms with Crippen LogP contribution in [0.1, 0.15) is 27.0 Å². The number of carbonyl (C=O) groups excluding carboxylic acids is 1. The van der Waals surface area contributed by atoms with Gasteiger partial charge in [-0.15, -0.1) is 0 Å². The van der Waals surface area contributed by atoms with E-state index in [0.29, 0.717) is 0 Å². The van der Waals surface area contributed by atoms with Crippen LogP contribution in [0.2, 0.25) is 0 Å². The molecule has 138 valence electrons. The average molecular weight is 365 g/mol. The minimum absolute atomic E-state index is 0.165. The number of aliphatic carboxylic acids is 1. The van der Waals surface area contributed by atoms with Gasteiger partial charge in [0, 0.05) is 6.54 Å². The zero-order chi connectivity index (χ0) is 19.3. The molecule has 2 aromatic carbocycles. The highest BCUT2D eigenvalue weighted by Crippen LogP contribution is 2.31. The van der Waals surface area contributed by atoms with Gasteiger partial charge in [0.2, 0.25) is 0 Å². The summed E-state index contributed by atoms with van der Waals surface area (Å²) >= 11 is 0. The normalized spacial score (nSPS) is 12.5. The molecule has 0 saturated heterocycles. The van der Waals surface area contributed by atoms with Gasteiger partial charge in [-0.1, -0.05) is 42.0 Å². The minimum Gasteiger partial charge on any atom is -0.481 e. The van der Waals surface area contributed by atoms with Gasteiger partial charge in [-0.3, -0.25) is 9.59 Å². The maximum absolute atomic E-state index is 13.0. The lowest BCUT2D eigenvalue weighted by molar-refractivity contribution is -0.141. The molecule has 1 unspecified atom stereocenters. The summed E-state index contributed by atoms with van der Waals surface area (Å²) in [6.07, 6.45) is -4.50. The number of amides is 1. The number of benzene rings is 2. The van der Waals surface area contributed by atoms with E-state index in [2.05, 4.69) is 5.32 Å². The molecule has 0 aliphatic heterocycles. The number of nitrogens with one attached hydrogen (secondary N) is 1. The third-order valence-electron chi connectivity index (χ3n) is 3.90. The predicted molar refractivity (Wildman–Crippen MR) is 89.8 cm³/mol. The molecule has 2 rings (SSSR count). The molecular formula is C19H18F3NO3. The van der Waals surface area contributed by atoms with Crippen LogP contribution >= 0.6 is 0 Å². The van der Waals surface area contributed by atoms with Crippen LogP contribution in [0, 0.1) is 12.8 Å². The molecule has 2 aromatic rings. The number of hydrogen-bond acceptors (Lipinski definition) is 2.